The lowest BCUT2D eigenvalue weighted by Crippen LogP contribution is -2.36. The Morgan fingerprint density at radius 2 is 1.89 bits per heavy atom. The summed E-state index contributed by atoms with van der Waals surface area (Å²) in [7, 11) is 0. The van der Waals surface area contributed by atoms with Gasteiger partial charge < -0.3 is 15.5 Å². The average molecular weight is 409 g/mol. The lowest BCUT2D eigenvalue weighted by atomic mass is 9.92. The summed E-state index contributed by atoms with van der Waals surface area (Å²) in [6.07, 6.45) is -1.41. The first-order valence-electron chi connectivity index (χ1n) is 8.93. The lowest BCUT2D eigenvalue weighted by Gasteiger charge is -2.28. The zero-order valence-electron chi connectivity index (χ0n) is 14.7. The second kappa shape index (κ2) is 7.21. The van der Waals surface area contributed by atoms with Crippen molar-refractivity contribution < 1.29 is 23.4 Å². The number of anilines is 1. The SMILES string of the molecule is Oc1cc(C(F)(F)F)ccc1-c1nnc(N[C@@H]2CCCC[C@H]2O)c2sccc12. The topological polar surface area (TPSA) is 78.3 Å². The normalized spacial score (nSPS) is 20.4. The van der Waals surface area contributed by atoms with Crippen molar-refractivity contribution in [2.75, 3.05) is 5.32 Å². The number of nitrogens with one attached hydrogen (secondary N) is 1. The maximum absolute atomic E-state index is 12.8. The van der Waals surface area contributed by atoms with Gasteiger partial charge in [-0.15, -0.1) is 21.5 Å². The van der Waals surface area contributed by atoms with E-state index in [4.69, 9.17) is 0 Å². The summed E-state index contributed by atoms with van der Waals surface area (Å²) in [5, 5.41) is 34.5. The Bertz CT molecular complexity index is 1010. The molecule has 1 aliphatic rings. The van der Waals surface area contributed by atoms with Gasteiger partial charge in [0.2, 0.25) is 0 Å². The molecule has 2 heterocycles. The third kappa shape index (κ3) is 3.51. The molecule has 28 heavy (non-hydrogen) atoms. The molecule has 1 aliphatic carbocycles. The van der Waals surface area contributed by atoms with Crippen LogP contribution in [0.2, 0.25) is 0 Å². The van der Waals surface area contributed by atoms with Crippen molar-refractivity contribution in [1.82, 2.24) is 10.2 Å². The van der Waals surface area contributed by atoms with Crippen LogP contribution >= 0.6 is 11.3 Å². The number of aliphatic hydroxyl groups is 1. The first kappa shape index (κ1) is 18.9. The van der Waals surface area contributed by atoms with Crippen LogP contribution in [0.5, 0.6) is 5.75 Å². The number of thiophene rings is 1. The van der Waals surface area contributed by atoms with E-state index >= 15 is 0 Å². The largest absolute Gasteiger partial charge is 0.507 e. The Balaban J connectivity index is 1.71. The zero-order valence-corrected chi connectivity index (χ0v) is 15.5. The molecule has 4 rings (SSSR count). The molecule has 2 atom stereocenters. The zero-order chi connectivity index (χ0) is 19.9. The molecular weight excluding hydrogens is 391 g/mol. The van der Waals surface area contributed by atoms with E-state index in [0.29, 0.717) is 23.0 Å². The molecule has 1 saturated carbocycles. The van der Waals surface area contributed by atoms with E-state index < -0.39 is 23.6 Å². The number of aliphatic hydroxyl groups excluding tert-OH is 1. The number of phenolic OH excluding ortho intramolecular Hbond substituents is 1. The van der Waals surface area contributed by atoms with Gasteiger partial charge in [-0.25, -0.2) is 0 Å². The average Bonchev–Trinajstić information content (AvgIpc) is 3.13. The highest BCUT2D eigenvalue weighted by Gasteiger charge is 2.31. The molecule has 0 saturated heterocycles. The highest BCUT2D eigenvalue weighted by molar-refractivity contribution is 7.17. The van der Waals surface area contributed by atoms with Gasteiger partial charge in [-0.1, -0.05) is 12.8 Å². The van der Waals surface area contributed by atoms with Crippen LogP contribution < -0.4 is 5.32 Å². The van der Waals surface area contributed by atoms with Crippen molar-refractivity contribution in [1.29, 1.82) is 0 Å². The fourth-order valence-electron chi connectivity index (χ4n) is 3.54. The van der Waals surface area contributed by atoms with E-state index in [1.165, 1.54) is 17.4 Å². The number of nitrogens with zero attached hydrogens (tertiary/aromatic N) is 2. The number of halogens is 3. The molecule has 0 unspecified atom stereocenters. The minimum atomic E-state index is -4.53. The van der Waals surface area contributed by atoms with Crippen LogP contribution in [0.4, 0.5) is 19.0 Å². The molecule has 148 valence electrons. The molecule has 0 radical (unpaired) electrons. The van der Waals surface area contributed by atoms with Gasteiger partial charge in [0.15, 0.2) is 5.82 Å². The molecule has 2 aromatic heterocycles. The summed E-state index contributed by atoms with van der Waals surface area (Å²) >= 11 is 1.42. The van der Waals surface area contributed by atoms with Crippen LogP contribution in [0, 0.1) is 0 Å². The van der Waals surface area contributed by atoms with E-state index in [1.807, 2.05) is 5.38 Å². The minimum Gasteiger partial charge on any atom is -0.507 e. The molecule has 0 bridgehead atoms. The Morgan fingerprint density at radius 3 is 2.61 bits per heavy atom. The number of rotatable bonds is 3. The number of benzene rings is 1. The van der Waals surface area contributed by atoms with Crippen molar-refractivity contribution in [3.63, 3.8) is 0 Å². The van der Waals surface area contributed by atoms with Crippen LogP contribution in [0.3, 0.4) is 0 Å². The second-order valence-corrected chi connectivity index (χ2v) is 7.81. The number of aromatic hydroxyl groups is 1. The molecule has 1 fully saturated rings. The maximum Gasteiger partial charge on any atom is 0.416 e. The van der Waals surface area contributed by atoms with Gasteiger partial charge in [0.25, 0.3) is 0 Å². The fraction of sp³-hybridized carbons (Fsp3) is 0.368. The molecule has 1 aromatic carbocycles. The van der Waals surface area contributed by atoms with Gasteiger partial charge in [0, 0.05) is 10.9 Å². The Morgan fingerprint density at radius 1 is 1.11 bits per heavy atom. The highest BCUT2D eigenvalue weighted by atomic mass is 32.1. The first-order chi connectivity index (χ1) is 13.3. The number of hydrogen-bond acceptors (Lipinski definition) is 6. The summed E-state index contributed by atoms with van der Waals surface area (Å²) in [4.78, 5) is 0. The van der Waals surface area contributed by atoms with Gasteiger partial charge in [0.05, 0.1) is 22.4 Å². The van der Waals surface area contributed by atoms with Crippen LogP contribution in [0.15, 0.2) is 29.6 Å². The summed E-state index contributed by atoms with van der Waals surface area (Å²) in [5.41, 5.74) is -0.418. The first-order valence-corrected chi connectivity index (χ1v) is 9.81. The number of alkyl halides is 3. The van der Waals surface area contributed by atoms with Gasteiger partial charge in [-0.05, 0) is 42.5 Å². The molecular formula is C19H18F3N3O2S. The van der Waals surface area contributed by atoms with Crippen LogP contribution in [0.1, 0.15) is 31.2 Å². The number of fused-ring (bicyclic) bond motifs is 1. The Kier molecular flexibility index (Phi) is 4.88. The van der Waals surface area contributed by atoms with E-state index in [9.17, 15) is 23.4 Å². The summed E-state index contributed by atoms with van der Waals surface area (Å²) < 4.78 is 39.3. The van der Waals surface area contributed by atoms with E-state index in [2.05, 4.69) is 15.5 Å². The van der Waals surface area contributed by atoms with Crippen LogP contribution in [-0.4, -0.2) is 32.6 Å². The Labute approximate surface area is 162 Å². The summed E-state index contributed by atoms with van der Waals surface area (Å²) in [5.74, 6) is 0.0335. The molecule has 9 heteroatoms. The van der Waals surface area contributed by atoms with Crippen molar-refractivity contribution in [2.24, 2.45) is 0 Å². The van der Waals surface area contributed by atoms with Crippen LogP contribution in [0.25, 0.3) is 21.3 Å². The quantitative estimate of drug-likeness (QED) is 0.579. The molecule has 0 amide bonds. The number of hydrogen-bond donors (Lipinski definition) is 3. The van der Waals surface area contributed by atoms with E-state index in [-0.39, 0.29) is 11.6 Å². The van der Waals surface area contributed by atoms with Gasteiger partial charge in [0.1, 0.15) is 11.4 Å². The van der Waals surface area contributed by atoms with Gasteiger partial charge in [-0.3, -0.25) is 0 Å². The van der Waals surface area contributed by atoms with Crippen molar-refractivity contribution in [3.8, 4) is 17.0 Å². The summed E-state index contributed by atoms with van der Waals surface area (Å²) in [6, 6.07) is 4.50. The summed E-state index contributed by atoms with van der Waals surface area (Å²) in [6.45, 7) is 0. The molecule has 3 aromatic rings. The number of phenols is 1. The second-order valence-electron chi connectivity index (χ2n) is 6.89. The van der Waals surface area contributed by atoms with Crippen molar-refractivity contribution >= 4 is 27.2 Å². The molecule has 0 aliphatic heterocycles. The van der Waals surface area contributed by atoms with E-state index in [0.717, 1.165) is 36.4 Å². The third-order valence-corrected chi connectivity index (χ3v) is 5.94. The highest BCUT2D eigenvalue weighted by Crippen LogP contribution is 2.40. The molecule has 0 spiro atoms. The fourth-order valence-corrected chi connectivity index (χ4v) is 4.38. The lowest BCUT2D eigenvalue weighted by molar-refractivity contribution is -0.137. The van der Waals surface area contributed by atoms with E-state index in [1.54, 1.807) is 6.07 Å². The Hall–Kier alpha value is -2.39. The van der Waals surface area contributed by atoms with Crippen molar-refractivity contribution in [2.45, 2.75) is 44.0 Å². The molecule has 5 nitrogen and oxygen atoms in total. The van der Waals surface area contributed by atoms with Crippen molar-refractivity contribution in [3.05, 3.63) is 35.2 Å². The predicted octanol–water partition coefficient (Wildman–Crippen LogP) is 4.80. The monoisotopic (exact) mass is 409 g/mol. The van der Waals surface area contributed by atoms with Gasteiger partial charge >= 0.3 is 6.18 Å². The standard InChI is InChI=1S/C19H18F3N3O2S/c20-19(21,22)10-5-6-11(15(27)9-10)16-12-7-8-28-17(12)18(25-24-16)23-13-3-1-2-4-14(13)26/h5-9,13-14,26-27H,1-4H2,(H,23,25)/t13-,14-/m1/s1. The minimum absolute atomic E-state index is 0.112. The number of aromatic nitrogens is 2. The maximum atomic E-state index is 12.8. The van der Waals surface area contributed by atoms with Crippen LogP contribution in [-0.2, 0) is 6.18 Å². The van der Waals surface area contributed by atoms with Gasteiger partial charge in [-0.2, -0.15) is 13.2 Å². The smallest absolute Gasteiger partial charge is 0.416 e. The third-order valence-electron chi connectivity index (χ3n) is 5.02. The predicted molar refractivity (Wildman–Crippen MR) is 101 cm³/mol. The molecule has 3 N–H and O–H groups in total.